The average molecular weight is 529 g/mol. The molecule has 0 amide bonds. The van der Waals surface area contributed by atoms with Crippen LogP contribution in [-0.2, 0) is 10.0 Å². The molecule has 2 aromatic carbocycles. The lowest BCUT2D eigenvalue weighted by Crippen LogP contribution is -2.44. The number of nitrogens with one attached hydrogen (secondary N) is 1. The molecule has 9 nitrogen and oxygen atoms in total. The van der Waals surface area contributed by atoms with Gasteiger partial charge < -0.3 is 19.9 Å². The van der Waals surface area contributed by atoms with Gasteiger partial charge in [0.2, 0.25) is 0 Å². The Hall–Kier alpha value is -4.15. The summed E-state index contributed by atoms with van der Waals surface area (Å²) in [6.45, 7) is 3.96. The largest absolute Gasteiger partial charge is 0.494 e. The van der Waals surface area contributed by atoms with E-state index in [0.29, 0.717) is 28.0 Å². The second-order valence-electron chi connectivity index (χ2n) is 9.38. The average Bonchev–Trinajstić information content (AvgIpc) is 3.38. The zero-order chi connectivity index (χ0) is 26.3. The smallest absolute Gasteiger partial charge is 0.270 e. The second kappa shape index (κ2) is 9.62. The third-order valence-corrected chi connectivity index (χ3v) is 8.71. The molecule has 0 spiro atoms. The van der Waals surface area contributed by atoms with Crippen LogP contribution in [0.2, 0.25) is 0 Å². The number of para-hydroxylation sites is 1. The van der Waals surface area contributed by atoms with Crippen molar-refractivity contribution in [3.05, 3.63) is 79.3 Å². The standard InChI is InChI=1S/C28H28N6O3S/c1-32-13-15-33(16-14-32)22-8-9-23(25(17-22)37-2)31-27-18-24-21(19-30-27)10-12-34(24)38(35,36)26-7-3-5-20-6-4-11-29-28(20)26/h3-12,17-19H,13-16H2,1-2H3,(H,30,31). The van der Waals surface area contributed by atoms with E-state index in [2.05, 4.69) is 38.2 Å². The number of anilines is 3. The highest BCUT2D eigenvalue weighted by Crippen LogP contribution is 2.33. The molecule has 0 atom stereocenters. The van der Waals surface area contributed by atoms with Crippen LogP contribution >= 0.6 is 0 Å². The lowest BCUT2D eigenvalue weighted by Gasteiger charge is -2.34. The van der Waals surface area contributed by atoms with Gasteiger partial charge in [-0.2, -0.15) is 0 Å². The first-order valence-corrected chi connectivity index (χ1v) is 13.8. The Morgan fingerprint density at radius 2 is 1.74 bits per heavy atom. The van der Waals surface area contributed by atoms with E-state index in [-0.39, 0.29) is 4.90 Å². The number of ether oxygens (including phenoxy) is 1. The molecule has 3 aromatic heterocycles. The van der Waals surface area contributed by atoms with Gasteiger partial charge in [0.05, 0.1) is 23.8 Å². The van der Waals surface area contributed by atoms with Crippen LogP contribution in [0.3, 0.4) is 0 Å². The molecule has 194 valence electrons. The number of pyridine rings is 2. The summed E-state index contributed by atoms with van der Waals surface area (Å²) in [7, 11) is -0.134. The Bertz CT molecular complexity index is 1740. The highest BCUT2D eigenvalue weighted by Gasteiger charge is 2.23. The molecule has 0 aliphatic carbocycles. The van der Waals surface area contributed by atoms with Gasteiger partial charge in [0, 0.05) is 73.4 Å². The fraction of sp³-hybridized carbons (Fsp3) is 0.214. The van der Waals surface area contributed by atoms with E-state index >= 15 is 0 Å². The SMILES string of the molecule is COc1cc(N2CCN(C)CC2)ccc1Nc1cc2c(ccn2S(=O)(=O)c2cccc3cccnc23)cn1. The summed E-state index contributed by atoms with van der Waals surface area (Å²) in [6.07, 6.45) is 4.82. The molecular formula is C28H28N6O3S. The van der Waals surface area contributed by atoms with Crippen LogP contribution in [0.4, 0.5) is 17.2 Å². The summed E-state index contributed by atoms with van der Waals surface area (Å²) in [5.41, 5.74) is 2.81. The normalized spacial score (nSPS) is 14.7. The summed E-state index contributed by atoms with van der Waals surface area (Å²) in [6, 6.07) is 18.3. The lowest BCUT2D eigenvalue weighted by atomic mass is 10.2. The van der Waals surface area contributed by atoms with Gasteiger partial charge in [0.25, 0.3) is 10.0 Å². The van der Waals surface area contributed by atoms with Crippen molar-refractivity contribution in [3.8, 4) is 5.75 Å². The third-order valence-electron chi connectivity index (χ3n) is 6.99. The monoisotopic (exact) mass is 528 g/mol. The van der Waals surface area contributed by atoms with Crippen molar-refractivity contribution >= 4 is 49.0 Å². The number of likely N-dealkylation sites (N-methyl/N-ethyl adjacent to an activating group) is 1. The Morgan fingerprint density at radius 3 is 2.55 bits per heavy atom. The van der Waals surface area contributed by atoms with E-state index in [1.54, 1.807) is 56.0 Å². The van der Waals surface area contributed by atoms with Crippen LogP contribution < -0.4 is 15.0 Å². The van der Waals surface area contributed by atoms with Gasteiger partial charge in [-0.1, -0.05) is 18.2 Å². The third kappa shape index (κ3) is 4.31. The maximum absolute atomic E-state index is 13.8. The molecule has 1 fully saturated rings. The number of fused-ring (bicyclic) bond motifs is 2. The molecule has 10 heteroatoms. The maximum atomic E-state index is 13.8. The van der Waals surface area contributed by atoms with Crippen LogP contribution in [0.5, 0.6) is 5.75 Å². The molecule has 1 aliphatic rings. The molecule has 0 saturated carbocycles. The van der Waals surface area contributed by atoms with E-state index in [0.717, 1.165) is 42.9 Å². The van der Waals surface area contributed by atoms with Crippen LogP contribution in [0.25, 0.3) is 21.8 Å². The van der Waals surface area contributed by atoms with E-state index in [1.807, 2.05) is 24.3 Å². The number of hydrogen-bond acceptors (Lipinski definition) is 8. The zero-order valence-corrected chi connectivity index (χ0v) is 22.0. The van der Waals surface area contributed by atoms with E-state index in [1.165, 1.54) is 3.97 Å². The molecular weight excluding hydrogens is 500 g/mol. The molecule has 6 rings (SSSR count). The molecule has 1 aliphatic heterocycles. The molecule has 0 unspecified atom stereocenters. The maximum Gasteiger partial charge on any atom is 0.270 e. The zero-order valence-electron chi connectivity index (χ0n) is 21.2. The van der Waals surface area contributed by atoms with Crippen LogP contribution in [0, 0.1) is 0 Å². The minimum atomic E-state index is -3.91. The predicted molar refractivity (Wildman–Crippen MR) is 150 cm³/mol. The van der Waals surface area contributed by atoms with Gasteiger partial charge in [0.15, 0.2) is 0 Å². The highest BCUT2D eigenvalue weighted by molar-refractivity contribution is 7.90. The van der Waals surface area contributed by atoms with Gasteiger partial charge in [0.1, 0.15) is 16.5 Å². The van der Waals surface area contributed by atoms with Gasteiger partial charge in [-0.25, -0.2) is 17.4 Å². The number of hydrogen-bond donors (Lipinski definition) is 1. The highest BCUT2D eigenvalue weighted by atomic mass is 32.2. The van der Waals surface area contributed by atoms with Crippen molar-refractivity contribution in [2.45, 2.75) is 4.90 Å². The van der Waals surface area contributed by atoms with E-state index < -0.39 is 10.0 Å². The summed E-state index contributed by atoms with van der Waals surface area (Å²) in [4.78, 5) is 13.7. The summed E-state index contributed by atoms with van der Waals surface area (Å²) >= 11 is 0. The van der Waals surface area contributed by atoms with Gasteiger partial charge in [-0.3, -0.25) is 4.98 Å². The first-order chi connectivity index (χ1) is 18.4. The summed E-state index contributed by atoms with van der Waals surface area (Å²) < 4.78 is 34.5. The van der Waals surface area contributed by atoms with E-state index in [4.69, 9.17) is 4.74 Å². The molecule has 5 aromatic rings. The molecule has 1 saturated heterocycles. The molecule has 0 radical (unpaired) electrons. The Labute approximate surface area is 221 Å². The van der Waals surface area contributed by atoms with Crippen molar-refractivity contribution in [2.75, 3.05) is 50.6 Å². The summed E-state index contributed by atoms with van der Waals surface area (Å²) in [5, 5.41) is 4.78. The molecule has 38 heavy (non-hydrogen) atoms. The van der Waals surface area contributed by atoms with Crippen LogP contribution in [-0.4, -0.2) is 67.6 Å². The van der Waals surface area contributed by atoms with Crippen LogP contribution in [0.1, 0.15) is 0 Å². The lowest BCUT2D eigenvalue weighted by molar-refractivity contribution is 0.312. The number of benzene rings is 2. The van der Waals surface area contributed by atoms with Gasteiger partial charge in [-0.15, -0.1) is 0 Å². The fourth-order valence-electron chi connectivity index (χ4n) is 4.85. The number of rotatable bonds is 6. The van der Waals surface area contributed by atoms with E-state index in [9.17, 15) is 8.42 Å². The van der Waals surface area contributed by atoms with Crippen molar-refractivity contribution in [1.82, 2.24) is 18.8 Å². The first-order valence-electron chi connectivity index (χ1n) is 12.4. The van der Waals surface area contributed by atoms with Crippen molar-refractivity contribution < 1.29 is 13.2 Å². The van der Waals surface area contributed by atoms with Crippen molar-refractivity contribution in [1.29, 1.82) is 0 Å². The minimum Gasteiger partial charge on any atom is -0.494 e. The number of piperazine rings is 1. The Kier molecular flexibility index (Phi) is 6.13. The minimum absolute atomic E-state index is 0.153. The Morgan fingerprint density at radius 1 is 0.921 bits per heavy atom. The predicted octanol–water partition coefficient (Wildman–Crippen LogP) is 4.33. The Balaban J connectivity index is 1.34. The van der Waals surface area contributed by atoms with Crippen LogP contribution in [0.15, 0.2) is 84.1 Å². The second-order valence-corrected chi connectivity index (χ2v) is 11.2. The van der Waals surface area contributed by atoms with Gasteiger partial charge in [-0.05, 0) is 37.4 Å². The van der Waals surface area contributed by atoms with Gasteiger partial charge >= 0.3 is 0 Å². The first kappa shape index (κ1) is 24.2. The number of nitrogens with zero attached hydrogens (tertiary/aromatic N) is 5. The van der Waals surface area contributed by atoms with Crippen molar-refractivity contribution in [3.63, 3.8) is 0 Å². The van der Waals surface area contributed by atoms with Crippen molar-refractivity contribution in [2.24, 2.45) is 0 Å². The molecule has 0 bridgehead atoms. The molecule has 4 heterocycles. The topological polar surface area (TPSA) is 92.6 Å². The number of aromatic nitrogens is 3. The summed E-state index contributed by atoms with van der Waals surface area (Å²) in [5.74, 6) is 1.20. The number of methoxy groups -OCH3 is 1. The molecule has 1 N–H and O–H groups in total. The fourth-order valence-corrected chi connectivity index (χ4v) is 6.37. The quantitative estimate of drug-likeness (QED) is 0.348.